The van der Waals surface area contributed by atoms with Gasteiger partial charge in [0.1, 0.15) is 0 Å². The zero-order valence-corrected chi connectivity index (χ0v) is 7.59. The summed E-state index contributed by atoms with van der Waals surface area (Å²) >= 11 is 0. The normalized spacial score (nSPS) is 11.5. The number of carboxylic acids is 1. The van der Waals surface area contributed by atoms with E-state index in [0.29, 0.717) is 0 Å². The number of aromatic nitrogens is 2. The van der Waals surface area contributed by atoms with E-state index in [-0.39, 0.29) is 16.6 Å². The molecule has 0 saturated heterocycles. The number of hydrogen-bond acceptors (Lipinski definition) is 5. The number of carbonyl (C=O) groups is 1. The molecule has 1 heterocycles. The third-order valence-electron chi connectivity index (χ3n) is 1.45. The fourth-order valence-corrected chi connectivity index (χ4v) is 1.45. The summed E-state index contributed by atoms with van der Waals surface area (Å²) in [6, 6.07) is 0. The van der Waals surface area contributed by atoms with Gasteiger partial charge >= 0.3 is 0 Å². The average Bonchev–Trinajstić information content (AvgIpc) is 2.52. The number of sulfone groups is 1. The Morgan fingerprint density at radius 1 is 1.69 bits per heavy atom. The number of aromatic amines is 1. The standard InChI is InChI=1S/C6H8N2O4S/c1-2-13(11,12)6-7-3-4(8-6)5(9)10/h3H,2H2,1H3,(H,7,8)(H,9,10)/p-1. The van der Waals surface area contributed by atoms with Gasteiger partial charge in [0.25, 0.3) is 0 Å². The van der Waals surface area contributed by atoms with Crippen LogP contribution < -0.4 is 5.11 Å². The van der Waals surface area contributed by atoms with Crippen LogP contribution >= 0.6 is 0 Å². The highest BCUT2D eigenvalue weighted by Gasteiger charge is 2.15. The van der Waals surface area contributed by atoms with Gasteiger partial charge < -0.3 is 14.9 Å². The molecule has 0 bridgehead atoms. The summed E-state index contributed by atoms with van der Waals surface area (Å²) in [5, 5.41) is 9.91. The van der Waals surface area contributed by atoms with Crippen molar-refractivity contribution in [2.24, 2.45) is 0 Å². The quantitative estimate of drug-likeness (QED) is 0.648. The van der Waals surface area contributed by atoms with E-state index in [9.17, 15) is 18.3 Å². The van der Waals surface area contributed by atoms with Gasteiger partial charge in [0.05, 0.1) is 23.6 Å². The molecule has 1 aromatic rings. The first kappa shape index (κ1) is 9.72. The van der Waals surface area contributed by atoms with E-state index < -0.39 is 15.8 Å². The summed E-state index contributed by atoms with van der Waals surface area (Å²) in [5.41, 5.74) is -0.341. The average molecular weight is 203 g/mol. The van der Waals surface area contributed by atoms with Crippen molar-refractivity contribution in [3.8, 4) is 0 Å². The fourth-order valence-electron chi connectivity index (χ4n) is 0.701. The second-order valence-corrected chi connectivity index (χ2v) is 4.49. The van der Waals surface area contributed by atoms with E-state index in [2.05, 4.69) is 9.97 Å². The van der Waals surface area contributed by atoms with Crippen molar-refractivity contribution < 1.29 is 18.3 Å². The van der Waals surface area contributed by atoms with Crippen LogP contribution in [0.2, 0.25) is 0 Å². The fraction of sp³-hybridized carbons (Fsp3) is 0.333. The van der Waals surface area contributed by atoms with Crippen LogP contribution in [0.15, 0.2) is 11.4 Å². The number of hydrogen-bond donors (Lipinski definition) is 1. The number of H-pyrrole nitrogens is 1. The topological polar surface area (TPSA) is 103 Å². The van der Waals surface area contributed by atoms with Crippen molar-refractivity contribution in [1.82, 2.24) is 9.97 Å². The minimum absolute atomic E-state index is 0.132. The van der Waals surface area contributed by atoms with Gasteiger partial charge in [-0.25, -0.2) is 13.4 Å². The number of nitrogens with one attached hydrogen (secondary N) is 1. The zero-order valence-electron chi connectivity index (χ0n) is 6.77. The highest BCUT2D eigenvalue weighted by atomic mass is 32.2. The largest absolute Gasteiger partial charge is 0.543 e. The van der Waals surface area contributed by atoms with E-state index in [1.807, 2.05) is 0 Å². The molecule has 1 aromatic heterocycles. The summed E-state index contributed by atoms with van der Waals surface area (Å²) in [6.45, 7) is 1.44. The summed E-state index contributed by atoms with van der Waals surface area (Å²) in [4.78, 5) is 15.8. The highest BCUT2D eigenvalue weighted by molar-refractivity contribution is 7.91. The van der Waals surface area contributed by atoms with E-state index in [4.69, 9.17) is 0 Å². The second kappa shape index (κ2) is 3.17. The molecule has 0 spiro atoms. The lowest BCUT2D eigenvalue weighted by atomic mass is 10.5. The smallest absolute Gasteiger partial charge is 0.225 e. The maximum absolute atomic E-state index is 11.1. The third kappa shape index (κ3) is 1.86. The zero-order chi connectivity index (χ0) is 10.1. The minimum Gasteiger partial charge on any atom is -0.543 e. The van der Waals surface area contributed by atoms with Crippen LogP contribution in [-0.4, -0.2) is 30.1 Å². The predicted octanol–water partition coefficient (Wildman–Crippen LogP) is -1.43. The number of aromatic carboxylic acids is 1. The van der Waals surface area contributed by atoms with Gasteiger partial charge in [-0.2, -0.15) is 0 Å². The van der Waals surface area contributed by atoms with Crippen molar-refractivity contribution in [3.63, 3.8) is 0 Å². The minimum atomic E-state index is -3.47. The first-order valence-corrected chi connectivity index (χ1v) is 5.11. The molecule has 0 aliphatic heterocycles. The number of carbonyl (C=O) groups excluding carboxylic acids is 1. The molecule has 0 radical (unpaired) electrons. The molecule has 1 rings (SSSR count). The highest BCUT2D eigenvalue weighted by Crippen LogP contribution is 2.05. The molecule has 0 aromatic carbocycles. The number of nitrogens with zero attached hydrogens (tertiary/aromatic N) is 1. The molecular formula is C6H7N2O4S-. The van der Waals surface area contributed by atoms with E-state index >= 15 is 0 Å². The summed E-state index contributed by atoms with van der Waals surface area (Å²) in [5.74, 6) is -1.61. The van der Waals surface area contributed by atoms with Gasteiger partial charge in [-0.15, -0.1) is 0 Å². The molecule has 0 aliphatic rings. The monoisotopic (exact) mass is 203 g/mol. The Hall–Kier alpha value is -1.37. The Kier molecular flexibility index (Phi) is 2.37. The van der Waals surface area contributed by atoms with Gasteiger partial charge in [-0.3, -0.25) is 0 Å². The van der Waals surface area contributed by atoms with Gasteiger partial charge in [0, 0.05) is 0 Å². The third-order valence-corrected chi connectivity index (χ3v) is 3.00. The Morgan fingerprint density at radius 2 is 2.31 bits per heavy atom. The van der Waals surface area contributed by atoms with Crippen molar-refractivity contribution in [3.05, 3.63) is 11.9 Å². The first-order chi connectivity index (χ1) is 5.97. The molecule has 72 valence electrons. The van der Waals surface area contributed by atoms with Crippen LogP contribution in [-0.2, 0) is 9.84 Å². The van der Waals surface area contributed by atoms with Crippen LogP contribution in [0.25, 0.3) is 0 Å². The maximum atomic E-state index is 11.1. The summed E-state index contributed by atoms with van der Waals surface area (Å²) in [6.07, 6.45) is 0.915. The number of rotatable bonds is 3. The van der Waals surface area contributed by atoms with Crippen LogP contribution in [0.1, 0.15) is 17.4 Å². The van der Waals surface area contributed by atoms with Crippen LogP contribution in [0.3, 0.4) is 0 Å². The van der Waals surface area contributed by atoms with Crippen molar-refractivity contribution in [1.29, 1.82) is 0 Å². The molecule has 0 fully saturated rings. The Morgan fingerprint density at radius 3 is 2.69 bits per heavy atom. The molecule has 7 heteroatoms. The second-order valence-electron chi connectivity index (χ2n) is 2.29. The maximum Gasteiger partial charge on any atom is 0.225 e. The molecule has 0 aliphatic carbocycles. The Labute approximate surface area is 74.5 Å². The molecule has 0 amide bonds. The predicted molar refractivity (Wildman–Crippen MR) is 40.6 cm³/mol. The lowest BCUT2D eigenvalue weighted by molar-refractivity contribution is -0.255. The van der Waals surface area contributed by atoms with E-state index in [1.54, 1.807) is 0 Å². The first-order valence-electron chi connectivity index (χ1n) is 3.46. The Balaban J connectivity index is 3.13. The molecule has 0 atom stereocenters. The van der Waals surface area contributed by atoms with Gasteiger partial charge in [0.15, 0.2) is 0 Å². The van der Waals surface area contributed by atoms with Gasteiger partial charge in [-0.1, -0.05) is 6.92 Å². The summed E-state index contributed by atoms with van der Waals surface area (Å²) < 4.78 is 22.3. The SMILES string of the molecule is CCS(=O)(=O)c1ncc(C(=O)[O-])[nH]1. The van der Waals surface area contributed by atoms with E-state index in [0.717, 1.165) is 6.20 Å². The molecule has 13 heavy (non-hydrogen) atoms. The molecular weight excluding hydrogens is 196 g/mol. The van der Waals surface area contributed by atoms with Crippen molar-refractivity contribution in [2.75, 3.05) is 5.75 Å². The lowest BCUT2D eigenvalue weighted by Crippen LogP contribution is -2.22. The van der Waals surface area contributed by atoms with Crippen LogP contribution in [0, 0.1) is 0 Å². The molecule has 1 N–H and O–H groups in total. The molecule has 0 unspecified atom stereocenters. The van der Waals surface area contributed by atoms with Gasteiger partial charge in [0.2, 0.25) is 15.0 Å². The summed E-state index contributed by atoms with van der Waals surface area (Å²) in [7, 11) is -3.47. The van der Waals surface area contributed by atoms with Crippen molar-refractivity contribution in [2.45, 2.75) is 12.1 Å². The number of imidazole rings is 1. The van der Waals surface area contributed by atoms with Gasteiger partial charge in [-0.05, 0) is 0 Å². The van der Waals surface area contributed by atoms with Crippen LogP contribution in [0.5, 0.6) is 0 Å². The van der Waals surface area contributed by atoms with E-state index in [1.165, 1.54) is 6.92 Å². The molecule has 6 nitrogen and oxygen atoms in total. The Bertz CT molecular complexity index is 420. The van der Waals surface area contributed by atoms with Crippen LogP contribution in [0.4, 0.5) is 0 Å². The number of carboxylic acid groups (broad SMARTS) is 1. The van der Waals surface area contributed by atoms with Crippen molar-refractivity contribution >= 4 is 15.8 Å². The lowest BCUT2D eigenvalue weighted by Gasteiger charge is -1.96. The molecule has 0 saturated carbocycles.